The maximum Gasteiger partial charge on any atom is 0.267 e. The van der Waals surface area contributed by atoms with Crippen molar-refractivity contribution in [1.82, 2.24) is 15.2 Å². The molecule has 2 aromatic heterocycles. The first-order valence-electron chi connectivity index (χ1n) is 13.4. The number of nitrogens with one attached hydrogen (secondary N) is 2. The number of amides is 1. The average molecular weight is 581 g/mol. The van der Waals surface area contributed by atoms with Crippen molar-refractivity contribution in [3.05, 3.63) is 82.9 Å². The maximum absolute atomic E-state index is 13.4. The summed E-state index contributed by atoms with van der Waals surface area (Å²) in [5.41, 5.74) is 5.22. The Kier molecular flexibility index (Phi) is 9.92. The van der Waals surface area contributed by atoms with Crippen molar-refractivity contribution in [2.75, 3.05) is 56.5 Å². The van der Waals surface area contributed by atoms with Gasteiger partial charge in [-0.05, 0) is 54.4 Å². The summed E-state index contributed by atoms with van der Waals surface area (Å²) >= 11 is 5.35. The molecule has 3 heterocycles. The number of nitrogens with zero attached hydrogens (tertiary/aromatic N) is 2. The zero-order chi connectivity index (χ0) is 27.0. The molecule has 1 unspecified atom stereocenters. The molecule has 2 aliphatic rings. The summed E-state index contributed by atoms with van der Waals surface area (Å²) in [4.78, 5) is 19.3. The van der Waals surface area contributed by atoms with E-state index in [4.69, 9.17) is 4.74 Å². The predicted molar refractivity (Wildman–Crippen MR) is 168 cm³/mol. The van der Waals surface area contributed by atoms with Crippen LogP contribution in [0.15, 0.2) is 75.9 Å². The van der Waals surface area contributed by atoms with E-state index in [0.717, 1.165) is 67.2 Å². The SMILES string of the molecule is Cc1ccc(N(C)Sc2cccs2)c2[nH]c(C(=O)NCC(CN3CCOCC3)SCC3=CC=CC=CC3)cc12. The van der Waals surface area contributed by atoms with Crippen molar-refractivity contribution < 1.29 is 9.53 Å². The Labute approximate surface area is 243 Å². The number of aromatic nitrogens is 1. The van der Waals surface area contributed by atoms with Crippen LogP contribution in [-0.4, -0.2) is 73.2 Å². The first-order chi connectivity index (χ1) is 19.1. The lowest BCUT2D eigenvalue weighted by Crippen LogP contribution is -2.43. The minimum absolute atomic E-state index is 0.0581. The highest BCUT2D eigenvalue weighted by atomic mass is 32.2. The smallest absolute Gasteiger partial charge is 0.267 e. The quantitative estimate of drug-likeness (QED) is 0.260. The van der Waals surface area contributed by atoms with Crippen LogP contribution in [0.2, 0.25) is 0 Å². The summed E-state index contributed by atoms with van der Waals surface area (Å²) in [6.45, 7) is 7.10. The Balaban J connectivity index is 1.27. The molecule has 1 aliphatic carbocycles. The van der Waals surface area contributed by atoms with E-state index in [0.29, 0.717) is 17.5 Å². The topological polar surface area (TPSA) is 60.6 Å². The first kappa shape index (κ1) is 28.1. The van der Waals surface area contributed by atoms with Crippen LogP contribution in [0, 0.1) is 6.92 Å². The summed E-state index contributed by atoms with van der Waals surface area (Å²) in [5.74, 6) is 0.903. The molecule has 0 saturated carbocycles. The van der Waals surface area contributed by atoms with Gasteiger partial charge in [0.05, 0.1) is 28.6 Å². The summed E-state index contributed by atoms with van der Waals surface area (Å²) in [6.07, 6.45) is 11.7. The van der Waals surface area contributed by atoms with Gasteiger partial charge >= 0.3 is 0 Å². The molecular weight excluding hydrogens is 545 g/mol. The second kappa shape index (κ2) is 13.8. The molecule has 0 bridgehead atoms. The Bertz CT molecular complexity index is 1340. The molecule has 206 valence electrons. The predicted octanol–water partition coefficient (Wildman–Crippen LogP) is 6.29. The molecule has 3 aromatic rings. The van der Waals surface area contributed by atoms with Gasteiger partial charge in [0.2, 0.25) is 0 Å². The summed E-state index contributed by atoms with van der Waals surface area (Å²) < 4.78 is 8.94. The first-order valence-corrected chi connectivity index (χ1v) is 16.1. The number of ether oxygens (including phenoxy) is 1. The Morgan fingerprint density at radius 1 is 1.23 bits per heavy atom. The highest BCUT2D eigenvalue weighted by Crippen LogP contribution is 2.36. The number of hydrogen-bond acceptors (Lipinski definition) is 7. The highest BCUT2D eigenvalue weighted by molar-refractivity contribution is 8.02. The Hall–Kier alpha value is -2.43. The standard InChI is InChI=1S/C30H36N4O2S3/c1-22-11-12-27(33(2)39-28-10-7-17-37-28)29-25(22)18-26(32-29)30(35)31-19-24(20-34-13-15-36-16-14-34)38-21-23-8-5-3-4-6-9-23/h3-8,10-12,17-18,24,32H,9,13-16,19-21H2,1-2H3,(H,31,35). The number of morpholine rings is 1. The number of aryl methyl sites for hydroxylation is 1. The van der Waals surface area contributed by atoms with E-state index in [9.17, 15) is 4.79 Å². The van der Waals surface area contributed by atoms with E-state index < -0.39 is 0 Å². The van der Waals surface area contributed by atoms with Gasteiger partial charge in [-0.1, -0.05) is 48.1 Å². The van der Waals surface area contributed by atoms with Gasteiger partial charge in [-0.25, -0.2) is 0 Å². The average Bonchev–Trinajstić information content (AvgIpc) is 3.56. The van der Waals surface area contributed by atoms with Crippen LogP contribution in [-0.2, 0) is 4.74 Å². The number of thioether (sulfide) groups is 1. The minimum atomic E-state index is -0.0581. The van der Waals surface area contributed by atoms with Gasteiger partial charge < -0.3 is 19.3 Å². The van der Waals surface area contributed by atoms with Gasteiger partial charge in [0.15, 0.2) is 0 Å². The zero-order valence-electron chi connectivity index (χ0n) is 22.5. The third-order valence-corrected chi connectivity index (χ3v) is 10.2. The second-order valence-electron chi connectivity index (χ2n) is 9.79. The number of carbonyl (C=O) groups excluding carboxylic acids is 1. The fraction of sp³-hybridized carbons (Fsp3) is 0.367. The van der Waals surface area contributed by atoms with Crippen LogP contribution in [0.1, 0.15) is 22.5 Å². The normalized spacial score (nSPS) is 16.7. The minimum Gasteiger partial charge on any atom is -0.379 e. The summed E-state index contributed by atoms with van der Waals surface area (Å²) in [5, 5.41) is 6.70. The van der Waals surface area contributed by atoms with Crippen LogP contribution in [0.5, 0.6) is 0 Å². The number of allylic oxidation sites excluding steroid dienone is 5. The molecule has 1 aliphatic heterocycles. The van der Waals surface area contributed by atoms with Crippen LogP contribution >= 0.6 is 35.0 Å². The van der Waals surface area contributed by atoms with Crippen LogP contribution in [0.25, 0.3) is 10.9 Å². The van der Waals surface area contributed by atoms with Crippen molar-refractivity contribution in [3.8, 4) is 0 Å². The largest absolute Gasteiger partial charge is 0.379 e. The van der Waals surface area contributed by atoms with Gasteiger partial charge in [-0.2, -0.15) is 11.8 Å². The molecular formula is C30H36N4O2S3. The second-order valence-corrected chi connectivity index (χ2v) is 13.5. The molecule has 1 amide bonds. The van der Waals surface area contributed by atoms with E-state index in [1.807, 2.05) is 17.8 Å². The fourth-order valence-corrected chi connectivity index (χ4v) is 7.70. The summed E-state index contributed by atoms with van der Waals surface area (Å²) in [6, 6.07) is 10.4. The molecule has 0 spiro atoms. The number of carbonyl (C=O) groups is 1. The Morgan fingerprint density at radius 3 is 2.92 bits per heavy atom. The van der Waals surface area contributed by atoms with Crippen LogP contribution in [0.3, 0.4) is 0 Å². The number of rotatable bonds is 11. The number of thiophene rings is 1. The van der Waals surface area contributed by atoms with Crippen LogP contribution in [0.4, 0.5) is 5.69 Å². The molecule has 39 heavy (non-hydrogen) atoms. The van der Waals surface area contributed by atoms with Crippen LogP contribution < -0.4 is 9.62 Å². The van der Waals surface area contributed by atoms with Gasteiger partial charge in [-0.15, -0.1) is 11.3 Å². The number of fused-ring (bicyclic) bond motifs is 1. The van der Waals surface area contributed by atoms with E-state index in [2.05, 4.69) is 93.5 Å². The lowest BCUT2D eigenvalue weighted by Gasteiger charge is -2.30. The molecule has 2 N–H and O–H groups in total. The zero-order valence-corrected chi connectivity index (χ0v) is 25.0. The van der Waals surface area contributed by atoms with Gasteiger partial charge in [0.1, 0.15) is 5.69 Å². The number of aromatic amines is 1. The summed E-state index contributed by atoms with van der Waals surface area (Å²) in [7, 11) is 2.07. The van der Waals surface area contributed by atoms with E-state index in [-0.39, 0.29) is 5.91 Å². The third-order valence-electron chi connectivity index (χ3n) is 6.93. The molecule has 1 saturated heterocycles. The molecule has 9 heteroatoms. The van der Waals surface area contributed by atoms with Crippen molar-refractivity contribution in [3.63, 3.8) is 0 Å². The molecule has 1 atom stereocenters. The van der Waals surface area contributed by atoms with Gasteiger partial charge in [0.25, 0.3) is 5.91 Å². The molecule has 6 nitrogen and oxygen atoms in total. The van der Waals surface area contributed by atoms with Gasteiger partial charge in [0, 0.05) is 49.6 Å². The monoisotopic (exact) mass is 580 g/mol. The Morgan fingerprint density at radius 2 is 2.10 bits per heavy atom. The van der Waals surface area contributed by atoms with Gasteiger partial charge in [-0.3, -0.25) is 9.69 Å². The third kappa shape index (κ3) is 7.61. The van der Waals surface area contributed by atoms with Crippen molar-refractivity contribution >= 4 is 57.5 Å². The molecule has 1 fully saturated rings. The highest BCUT2D eigenvalue weighted by Gasteiger charge is 2.21. The van der Waals surface area contributed by atoms with Crippen molar-refractivity contribution in [2.45, 2.75) is 22.8 Å². The number of H-pyrrole nitrogens is 1. The van der Waals surface area contributed by atoms with Crippen molar-refractivity contribution in [1.29, 1.82) is 0 Å². The van der Waals surface area contributed by atoms with E-state index in [1.165, 1.54) is 9.78 Å². The lowest BCUT2D eigenvalue weighted by molar-refractivity contribution is 0.0381. The number of anilines is 1. The fourth-order valence-electron chi connectivity index (χ4n) is 4.73. The molecule has 5 rings (SSSR count). The molecule has 0 radical (unpaired) electrons. The maximum atomic E-state index is 13.4. The molecule has 1 aromatic carbocycles. The number of benzene rings is 1. The number of hydrogen-bond donors (Lipinski definition) is 2. The van der Waals surface area contributed by atoms with E-state index >= 15 is 0 Å². The van der Waals surface area contributed by atoms with Crippen molar-refractivity contribution in [2.24, 2.45) is 0 Å². The van der Waals surface area contributed by atoms with E-state index in [1.54, 1.807) is 23.3 Å². The lowest BCUT2D eigenvalue weighted by atomic mass is 10.1.